The SMILES string of the molecule is CSCCC(NC(=O)c1ccc(CNc2ccccc2Cc2ccccc2)cc1-c1ccccc1C)C(=O)O. The van der Waals surface area contributed by atoms with E-state index < -0.39 is 12.0 Å². The Morgan fingerprint density at radius 3 is 2.31 bits per heavy atom. The third-order valence-electron chi connectivity index (χ3n) is 6.72. The van der Waals surface area contributed by atoms with Crippen LogP contribution >= 0.6 is 11.8 Å². The first kappa shape index (κ1) is 28.0. The number of nitrogens with one attached hydrogen (secondary N) is 2. The van der Waals surface area contributed by atoms with Gasteiger partial charge in [-0.25, -0.2) is 4.79 Å². The van der Waals surface area contributed by atoms with E-state index in [1.807, 2.05) is 61.7 Å². The van der Waals surface area contributed by atoms with Gasteiger partial charge < -0.3 is 15.7 Å². The molecule has 1 unspecified atom stereocenters. The minimum atomic E-state index is -1.02. The van der Waals surface area contributed by atoms with Crippen LogP contribution in [0.1, 0.15) is 39.0 Å². The highest BCUT2D eigenvalue weighted by Gasteiger charge is 2.22. The number of carbonyl (C=O) groups excluding carboxylic acids is 1. The van der Waals surface area contributed by atoms with Gasteiger partial charge in [-0.3, -0.25) is 4.79 Å². The lowest BCUT2D eigenvalue weighted by molar-refractivity contribution is -0.139. The molecule has 0 bridgehead atoms. The van der Waals surface area contributed by atoms with Crippen LogP contribution in [-0.4, -0.2) is 35.0 Å². The Bertz CT molecular complexity index is 1420. The van der Waals surface area contributed by atoms with Crippen LogP contribution in [-0.2, 0) is 17.8 Å². The molecule has 200 valence electrons. The summed E-state index contributed by atoms with van der Waals surface area (Å²) < 4.78 is 0. The summed E-state index contributed by atoms with van der Waals surface area (Å²) in [7, 11) is 0. The Kier molecular flexibility index (Phi) is 9.81. The zero-order valence-electron chi connectivity index (χ0n) is 22.3. The molecule has 0 aliphatic rings. The van der Waals surface area contributed by atoms with Crippen molar-refractivity contribution in [2.24, 2.45) is 0 Å². The fraction of sp³-hybridized carbons (Fsp3) is 0.212. The first-order valence-electron chi connectivity index (χ1n) is 13.0. The molecule has 39 heavy (non-hydrogen) atoms. The molecule has 3 N–H and O–H groups in total. The number of amides is 1. The van der Waals surface area contributed by atoms with E-state index in [1.165, 1.54) is 11.1 Å². The van der Waals surface area contributed by atoms with Gasteiger partial charge in [0, 0.05) is 17.8 Å². The first-order valence-corrected chi connectivity index (χ1v) is 14.4. The monoisotopic (exact) mass is 538 g/mol. The van der Waals surface area contributed by atoms with Gasteiger partial charge in [0.05, 0.1) is 0 Å². The summed E-state index contributed by atoms with van der Waals surface area (Å²) in [6, 6.07) is 31.5. The number of carboxylic acids is 1. The van der Waals surface area contributed by atoms with Crippen LogP contribution in [0.2, 0.25) is 0 Å². The molecule has 4 rings (SSSR count). The second-order valence-corrected chi connectivity index (χ2v) is 10.5. The summed E-state index contributed by atoms with van der Waals surface area (Å²) in [6.07, 6.45) is 3.12. The van der Waals surface area contributed by atoms with Gasteiger partial charge in [0.2, 0.25) is 0 Å². The summed E-state index contributed by atoms with van der Waals surface area (Å²) in [5.41, 5.74) is 7.80. The molecule has 0 saturated heterocycles. The maximum atomic E-state index is 13.3. The zero-order chi connectivity index (χ0) is 27.6. The molecule has 5 nitrogen and oxygen atoms in total. The van der Waals surface area contributed by atoms with Crippen LogP contribution in [0.25, 0.3) is 11.1 Å². The minimum Gasteiger partial charge on any atom is -0.480 e. The second-order valence-electron chi connectivity index (χ2n) is 9.51. The standard InChI is InChI=1S/C33H34N2O3S/c1-23-10-6-8-14-27(23)29-21-25(16-17-28(29)32(36)35-31(33(37)38)18-19-39-2)22-34-30-15-9-7-13-26(30)20-24-11-4-3-5-12-24/h3-17,21,31,34H,18-20,22H2,1-2H3,(H,35,36)(H,37,38). The number of carboxylic acid groups (broad SMARTS) is 1. The Morgan fingerprint density at radius 1 is 0.846 bits per heavy atom. The number of rotatable bonds is 12. The quantitative estimate of drug-likeness (QED) is 0.185. The number of anilines is 1. The van der Waals surface area contributed by atoms with Crippen molar-refractivity contribution in [2.75, 3.05) is 17.3 Å². The third-order valence-corrected chi connectivity index (χ3v) is 7.36. The van der Waals surface area contributed by atoms with Gasteiger partial charge in [-0.15, -0.1) is 0 Å². The molecule has 0 heterocycles. The summed E-state index contributed by atoms with van der Waals surface area (Å²) in [4.78, 5) is 25.1. The molecule has 0 aromatic heterocycles. The number of thioether (sulfide) groups is 1. The van der Waals surface area contributed by atoms with Crippen LogP contribution in [0.15, 0.2) is 97.1 Å². The highest BCUT2D eigenvalue weighted by molar-refractivity contribution is 7.98. The van der Waals surface area contributed by atoms with Crippen LogP contribution in [0.3, 0.4) is 0 Å². The predicted molar refractivity (Wildman–Crippen MR) is 162 cm³/mol. The van der Waals surface area contributed by atoms with Crippen molar-refractivity contribution < 1.29 is 14.7 Å². The summed E-state index contributed by atoms with van der Waals surface area (Å²) in [5.74, 6) is -0.752. The van der Waals surface area contributed by atoms with Crippen molar-refractivity contribution in [3.63, 3.8) is 0 Å². The topological polar surface area (TPSA) is 78.4 Å². The average Bonchev–Trinajstić information content (AvgIpc) is 2.95. The van der Waals surface area contributed by atoms with E-state index in [2.05, 4.69) is 53.1 Å². The molecular formula is C33H34N2O3S. The van der Waals surface area contributed by atoms with E-state index in [-0.39, 0.29) is 5.91 Å². The highest BCUT2D eigenvalue weighted by Crippen LogP contribution is 2.29. The van der Waals surface area contributed by atoms with E-state index in [9.17, 15) is 14.7 Å². The Morgan fingerprint density at radius 2 is 1.56 bits per heavy atom. The fourth-order valence-electron chi connectivity index (χ4n) is 4.59. The summed E-state index contributed by atoms with van der Waals surface area (Å²) >= 11 is 1.56. The smallest absolute Gasteiger partial charge is 0.326 e. The number of carbonyl (C=O) groups is 2. The maximum absolute atomic E-state index is 13.3. The Balaban J connectivity index is 1.60. The van der Waals surface area contributed by atoms with Gasteiger partial charge in [0.25, 0.3) is 5.91 Å². The first-order chi connectivity index (χ1) is 19.0. The van der Waals surface area contributed by atoms with Crippen molar-refractivity contribution in [3.05, 3.63) is 125 Å². The molecular weight excluding hydrogens is 504 g/mol. The molecule has 0 aliphatic heterocycles. The number of benzene rings is 4. The van der Waals surface area contributed by atoms with Crippen molar-refractivity contribution in [3.8, 4) is 11.1 Å². The number of hydrogen-bond acceptors (Lipinski definition) is 4. The highest BCUT2D eigenvalue weighted by atomic mass is 32.2. The van der Waals surface area contributed by atoms with Crippen LogP contribution < -0.4 is 10.6 Å². The Labute approximate surface area is 234 Å². The van der Waals surface area contributed by atoms with Crippen molar-refractivity contribution in [2.45, 2.75) is 32.4 Å². The molecule has 1 amide bonds. The van der Waals surface area contributed by atoms with Gasteiger partial charge in [0.15, 0.2) is 0 Å². The number of hydrogen-bond donors (Lipinski definition) is 3. The molecule has 0 radical (unpaired) electrons. The molecule has 6 heteroatoms. The molecule has 0 saturated carbocycles. The van der Waals surface area contributed by atoms with Gasteiger partial charge in [-0.1, -0.05) is 78.9 Å². The van der Waals surface area contributed by atoms with Gasteiger partial charge >= 0.3 is 5.97 Å². The lowest BCUT2D eigenvalue weighted by Gasteiger charge is -2.18. The van der Waals surface area contributed by atoms with Crippen molar-refractivity contribution >= 4 is 29.3 Å². The van der Waals surface area contributed by atoms with E-state index >= 15 is 0 Å². The number of aliphatic carboxylic acids is 1. The van der Waals surface area contributed by atoms with E-state index in [0.717, 1.165) is 34.4 Å². The molecule has 0 fully saturated rings. The second kappa shape index (κ2) is 13.7. The lowest BCUT2D eigenvalue weighted by atomic mass is 9.93. The normalized spacial score (nSPS) is 11.5. The lowest BCUT2D eigenvalue weighted by Crippen LogP contribution is -2.41. The van der Waals surface area contributed by atoms with E-state index in [1.54, 1.807) is 17.8 Å². The minimum absolute atomic E-state index is 0.367. The predicted octanol–water partition coefficient (Wildman–Crippen LogP) is 6.80. The average molecular weight is 539 g/mol. The number of para-hydroxylation sites is 1. The van der Waals surface area contributed by atoms with Gasteiger partial charge in [-0.2, -0.15) is 11.8 Å². The van der Waals surface area contributed by atoms with Gasteiger partial charge in [-0.05, 0) is 83.4 Å². The molecule has 1 atom stereocenters. The van der Waals surface area contributed by atoms with Crippen LogP contribution in [0.4, 0.5) is 5.69 Å². The van der Waals surface area contributed by atoms with Crippen LogP contribution in [0.5, 0.6) is 0 Å². The summed E-state index contributed by atoms with van der Waals surface area (Å²) in [5, 5.41) is 16.0. The van der Waals surface area contributed by atoms with Crippen molar-refractivity contribution in [1.29, 1.82) is 0 Å². The van der Waals surface area contributed by atoms with E-state index in [0.29, 0.717) is 24.3 Å². The zero-order valence-corrected chi connectivity index (χ0v) is 23.1. The fourth-order valence-corrected chi connectivity index (χ4v) is 5.06. The molecule has 0 aliphatic carbocycles. The largest absolute Gasteiger partial charge is 0.480 e. The van der Waals surface area contributed by atoms with E-state index in [4.69, 9.17) is 0 Å². The summed E-state index contributed by atoms with van der Waals surface area (Å²) in [6.45, 7) is 2.60. The van der Waals surface area contributed by atoms with Crippen molar-refractivity contribution in [1.82, 2.24) is 5.32 Å². The van der Waals surface area contributed by atoms with Crippen LogP contribution in [0, 0.1) is 6.92 Å². The molecule has 4 aromatic carbocycles. The maximum Gasteiger partial charge on any atom is 0.326 e. The molecule has 4 aromatic rings. The Hall–Kier alpha value is -4.03. The molecule has 0 spiro atoms. The number of aryl methyl sites for hydroxylation is 1. The van der Waals surface area contributed by atoms with Gasteiger partial charge in [0.1, 0.15) is 6.04 Å². The third kappa shape index (κ3) is 7.52.